The maximum atomic E-state index is 12.2. The monoisotopic (exact) mass is 453 g/mol. The van der Waals surface area contributed by atoms with Gasteiger partial charge in [0, 0.05) is 16.6 Å². The Labute approximate surface area is 191 Å². The maximum absolute atomic E-state index is 12.2. The second kappa shape index (κ2) is 9.90. The van der Waals surface area contributed by atoms with Gasteiger partial charge in [0.15, 0.2) is 0 Å². The molecule has 0 aliphatic heterocycles. The molecule has 0 fully saturated rings. The molecule has 0 unspecified atom stereocenters. The van der Waals surface area contributed by atoms with Crippen molar-refractivity contribution < 1.29 is 9.53 Å². The summed E-state index contributed by atoms with van der Waals surface area (Å²) >= 11 is 1.60. The van der Waals surface area contributed by atoms with Gasteiger partial charge in [0.05, 0.1) is 17.6 Å². The van der Waals surface area contributed by atoms with E-state index in [1.165, 1.54) is 11.1 Å². The van der Waals surface area contributed by atoms with Crippen LogP contribution in [-0.2, 0) is 4.74 Å². The van der Waals surface area contributed by atoms with Crippen LogP contribution in [0.3, 0.4) is 0 Å². The summed E-state index contributed by atoms with van der Waals surface area (Å²) < 4.78 is 5.25. The Morgan fingerprint density at radius 2 is 1.94 bits per heavy atom. The highest BCUT2D eigenvalue weighted by Gasteiger charge is 2.15. The fourth-order valence-electron chi connectivity index (χ4n) is 3.23. The number of halogens is 1. The second-order valence-electron chi connectivity index (χ2n) is 7.19. The number of esters is 1. The Morgan fingerprint density at radius 1 is 1.10 bits per heavy atom. The molecule has 0 spiro atoms. The number of ether oxygens (including phenoxy) is 1. The summed E-state index contributed by atoms with van der Waals surface area (Å²) in [4.78, 5) is 22.1. The van der Waals surface area contributed by atoms with Crippen LogP contribution < -0.4 is 5.32 Å². The minimum absolute atomic E-state index is 0. The molecule has 1 N–H and O–H groups in total. The van der Waals surface area contributed by atoms with Crippen LogP contribution in [0.5, 0.6) is 0 Å². The standard InChI is InChI=1S/C24H23N3O2S.ClH/c1-4-10-29-24(28)18-6-5-7-19(12-18)27-22-21-20(13-30-23(21)26-14-25-22)17-9-8-15(2)16(3)11-17;/h5-9,11-14H,4,10H2,1-3H3,(H,25,26,27);1H. The minimum atomic E-state index is -0.320. The summed E-state index contributed by atoms with van der Waals surface area (Å²) in [6.07, 6.45) is 2.35. The van der Waals surface area contributed by atoms with Crippen LogP contribution in [0.25, 0.3) is 21.3 Å². The molecule has 2 heterocycles. The minimum Gasteiger partial charge on any atom is -0.462 e. The van der Waals surface area contributed by atoms with Crippen molar-refractivity contribution in [3.8, 4) is 11.1 Å². The molecule has 5 nitrogen and oxygen atoms in total. The van der Waals surface area contributed by atoms with E-state index in [1.54, 1.807) is 29.8 Å². The predicted octanol–water partition coefficient (Wildman–Crippen LogP) is 6.71. The highest BCUT2D eigenvalue weighted by atomic mass is 35.5. The quantitative estimate of drug-likeness (QED) is 0.329. The molecule has 0 amide bonds. The van der Waals surface area contributed by atoms with Crippen LogP contribution in [0.15, 0.2) is 54.2 Å². The molecule has 4 rings (SSSR count). The van der Waals surface area contributed by atoms with Crippen LogP contribution >= 0.6 is 23.7 Å². The summed E-state index contributed by atoms with van der Waals surface area (Å²) in [5.41, 5.74) is 6.03. The van der Waals surface area contributed by atoms with Crippen LogP contribution in [0.2, 0.25) is 0 Å². The SMILES string of the molecule is CCCOC(=O)c1cccc(Nc2ncnc3scc(-c4ccc(C)c(C)c4)c23)c1.Cl. The third kappa shape index (κ3) is 4.86. The maximum Gasteiger partial charge on any atom is 0.338 e. The number of aromatic nitrogens is 2. The molecule has 4 aromatic rings. The van der Waals surface area contributed by atoms with Gasteiger partial charge < -0.3 is 10.1 Å². The normalized spacial score (nSPS) is 10.5. The lowest BCUT2D eigenvalue weighted by Gasteiger charge is -2.10. The molecule has 0 bridgehead atoms. The molecule has 0 saturated carbocycles. The van der Waals surface area contributed by atoms with E-state index in [4.69, 9.17) is 4.74 Å². The number of nitrogens with zero attached hydrogens (tertiary/aromatic N) is 2. The van der Waals surface area contributed by atoms with Crippen LogP contribution in [0.1, 0.15) is 34.8 Å². The Bertz CT molecular complexity index is 1220. The Balaban J connectivity index is 0.00000272. The summed E-state index contributed by atoms with van der Waals surface area (Å²) in [7, 11) is 0. The number of fused-ring (bicyclic) bond motifs is 1. The van der Waals surface area contributed by atoms with E-state index in [1.807, 2.05) is 19.1 Å². The van der Waals surface area contributed by atoms with Gasteiger partial charge in [-0.25, -0.2) is 14.8 Å². The Morgan fingerprint density at radius 3 is 2.71 bits per heavy atom. The predicted molar refractivity (Wildman–Crippen MR) is 130 cm³/mol. The number of hydrogen-bond donors (Lipinski definition) is 1. The number of rotatable bonds is 6. The third-order valence-corrected chi connectivity index (χ3v) is 5.87. The number of benzene rings is 2. The van der Waals surface area contributed by atoms with E-state index >= 15 is 0 Å². The fourth-order valence-corrected chi connectivity index (χ4v) is 4.15. The van der Waals surface area contributed by atoms with Gasteiger partial charge in [0.1, 0.15) is 17.0 Å². The van der Waals surface area contributed by atoms with E-state index in [0.29, 0.717) is 18.0 Å². The molecule has 0 radical (unpaired) electrons. The Kier molecular flexibility index (Phi) is 7.25. The number of nitrogens with one attached hydrogen (secondary N) is 1. The number of aryl methyl sites for hydroxylation is 2. The number of carbonyl (C=O) groups is 1. The first-order chi connectivity index (χ1) is 14.6. The third-order valence-electron chi connectivity index (χ3n) is 4.99. The summed E-state index contributed by atoms with van der Waals surface area (Å²) in [6.45, 7) is 6.61. The molecule has 2 aromatic heterocycles. The van der Waals surface area contributed by atoms with Crippen molar-refractivity contribution in [1.29, 1.82) is 0 Å². The van der Waals surface area contributed by atoms with Gasteiger partial charge in [0.2, 0.25) is 0 Å². The van der Waals surface area contributed by atoms with Crippen LogP contribution in [0, 0.1) is 13.8 Å². The van der Waals surface area contributed by atoms with Gasteiger partial charge in [-0.15, -0.1) is 23.7 Å². The number of anilines is 2. The van der Waals surface area contributed by atoms with Crippen molar-refractivity contribution >= 4 is 51.4 Å². The highest BCUT2D eigenvalue weighted by molar-refractivity contribution is 7.17. The zero-order valence-electron chi connectivity index (χ0n) is 17.6. The average molecular weight is 454 g/mol. The largest absolute Gasteiger partial charge is 0.462 e. The molecule has 31 heavy (non-hydrogen) atoms. The first-order valence-electron chi connectivity index (χ1n) is 9.91. The van der Waals surface area contributed by atoms with Crippen molar-refractivity contribution in [2.24, 2.45) is 0 Å². The molecular weight excluding hydrogens is 430 g/mol. The molecule has 0 saturated heterocycles. The highest BCUT2D eigenvalue weighted by Crippen LogP contribution is 2.38. The van der Waals surface area contributed by atoms with Crippen LogP contribution in [0.4, 0.5) is 11.5 Å². The number of carbonyl (C=O) groups excluding carboxylic acids is 1. The summed E-state index contributed by atoms with van der Waals surface area (Å²) in [6, 6.07) is 13.7. The molecule has 0 aliphatic carbocycles. The zero-order chi connectivity index (χ0) is 21.1. The first-order valence-corrected chi connectivity index (χ1v) is 10.8. The topological polar surface area (TPSA) is 64.1 Å². The van der Waals surface area contributed by atoms with Gasteiger partial charge in [-0.3, -0.25) is 0 Å². The van der Waals surface area contributed by atoms with E-state index in [9.17, 15) is 4.79 Å². The molecule has 0 aliphatic rings. The van der Waals surface area contributed by atoms with Gasteiger partial charge in [-0.05, 0) is 55.2 Å². The van der Waals surface area contributed by atoms with Crippen molar-refractivity contribution in [3.05, 3.63) is 70.9 Å². The molecule has 160 valence electrons. The molecule has 0 atom stereocenters. The summed E-state index contributed by atoms with van der Waals surface area (Å²) in [5.74, 6) is 0.397. The van der Waals surface area contributed by atoms with E-state index in [0.717, 1.165) is 33.5 Å². The summed E-state index contributed by atoms with van der Waals surface area (Å²) in [5, 5.41) is 6.46. The average Bonchev–Trinajstić information content (AvgIpc) is 3.19. The zero-order valence-corrected chi connectivity index (χ0v) is 19.3. The molecule has 7 heteroatoms. The van der Waals surface area contributed by atoms with Gasteiger partial charge in [0.25, 0.3) is 0 Å². The smallest absolute Gasteiger partial charge is 0.338 e. The van der Waals surface area contributed by atoms with Crippen LogP contribution in [-0.4, -0.2) is 22.5 Å². The lowest BCUT2D eigenvalue weighted by molar-refractivity contribution is 0.0505. The lowest BCUT2D eigenvalue weighted by atomic mass is 10.0. The van der Waals surface area contributed by atoms with E-state index in [2.05, 4.69) is 52.7 Å². The second-order valence-corrected chi connectivity index (χ2v) is 8.05. The Hall–Kier alpha value is -2.96. The van der Waals surface area contributed by atoms with Crippen molar-refractivity contribution in [3.63, 3.8) is 0 Å². The lowest BCUT2D eigenvalue weighted by Crippen LogP contribution is -2.06. The van der Waals surface area contributed by atoms with Crippen molar-refractivity contribution in [1.82, 2.24) is 9.97 Å². The van der Waals surface area contributed by atoms with E-state index < -0.39 is 0 Å². The molecule has 2 aromatic carbocycles. The van der Waals surface area contributed by atoms with Crippen molar-refractivity contribution in [2.75, 3.05) is 11.9 Å². The van der Waals surface area contributed by atoms with E-state index in [-0.39, 0.29) is 18.4 Å². The number of thiophene rings is 1. The first kappa shape index (κ1) is 22.7. The van der Waals surface area contributed by atoms with Crippen molar-refractivity contribution in [2.45, 2.75) is 27.2 Å². The fraction of sp³-hybridized carbons (Fsp3) is 0.208. The number of hydrogen-bond acceptors (Lipinski definition) is 6. The molecular formula is C24H24ClN3O2S. The van der Waals surface area contributed by atoms with Gasteiger partial charge >= 0.3 is 5.97 Å². The van der Waals surface area contributed by atoms with Gasteiger partial charge in [-0.1, -0.05) is 31.2 Å². The van der Waals surface area contributed by atoms with Gasteiger partial charge in [-0.2, -0.15) is 0 Å².